The minimum atomic E-state index is -0.664. The highest BCUT2D eigenvalue weighted by atomic mass is 35.5. The van der Waals surface area contributed by atoms with Crippen molar-refractivity contribution in [3.63, 3.8) is 0 Å². The molecule has 2 aromatic heterocycles. The Labute approximate surface area is 339 Å². The first-order valence-electron chi connectivity index (χ1n) is 19.7. The molecule has 58 heavy (non-hydrogen) atoms. The first-order chi connectivity index (χ1) is 28.0. The summed E-state index contributed by atoms with van der Waals surface area (Å²) < 4.78 is 17.8. The van der Waals surface area contributed by atoms with Crippen LogP contribution in [0.3, 0.4) is 0 Å². The number of anilines is 3. The van der Waals surface area contributed by atoms with Crippen LogP contribution in [0.4, 0.5) is 17.2 Å². The van der Waals surface area contributed by atoms with Gasteiger partial charge in [0, 0.05) is 80.8 Å². The van der Waals surface area contributed by atoms with Crippen molar-refractivity contribution in [3.05, 3.63) is 87.0 Å². The molecule has 0 spiro atoms. The second-order valence-corrected chi connectivity index (χ2v) is 16.1. The predicted octanol–water partition coefficient (Wildman–Crippen LogP) is 5.57. The fourth-order valence-corrected chi connectivity index (χ4v) is 9.15. The molecule has 0 aliphatic carbocycles. The number of piperidine rings is 2. The van der Waals surface area contributed by atoms with Crippen LogP contribution in [-0.2, 0) is 16.1 Å². The van der Waals surface area contributed by atoms with E-state index in [4.69, 9.17) is 31.2 Å². The normalized spacial score (nSPS) is 20.5. The molecule has 3 aromatic carbocycles. The number of pyridine rings is 1. The van der Waals surface area contributed by atoms with Crippen LogP contribution in [0.1, 0.15) is 48.5 Å². The van der Waals surface area contributed by atoms with Crippen molar-refractivity contribution >= 4 is 68.6 Å². The summed E-state index contributed by atoms with van der Waals surface area (Å²) in [4.78, 5) is 64.2. The maximum atomic E-state index is 13.6. The van der Waals surface area contributed by atoms with Gasteiger partial charge < -0.3 is 34.3 Å². The highest BCUT2D eigenvalue weighted by Gasteiger charge is 2.41. The number of benzene rings is 3. The Kier molecular flexibility index (Phi) is 9.84. The summed E-state index contributed by atoms with van der Waals surface area (Å²) >= 11 is 6.26. The van der Waals surface area contributed by atoms with Crippen LogP contribution in [0.5, 0.6) is 17.2 Å². The van der Waals surface area contributed by atoms with E-state index >= 15 is 0 Å². The van der Waals surface area contributed by atoms with Crippen LogP contribution >= 0.6 is 11.6 Å². The zero-order chi connectivity index (χ0) is 40.2. The SMILES string of the molecule is COc1cc(N2CCC(CN3CCN(c4ccc(Oc5cc6oc7cccc(Cl)c7c(=O)c6nc5N)cc4)C[C@@H]3C)CC2)cc2c1CN(C1CCC(=O)NC1=O)C2=O. The Morgan fingerprint density at radius 3 is 2.45 bits per heavy atom. The number of carbonyl (C=O) groups excluding carboxylic acids is 3. The first kappa shape index (κ1) is 37.7. The minimum Gasteiger partial charge on any atom is -0.496 e. The molecule has 14 nitrogen and oxygen atoms in total. The maximum Gasteiger partial charge on any atom is 0.255 e. The Bertz CT molecular complexity index is 2520. The molecule has 2 atom stereocenters. The van der Waals surface area contributed by atoms with E-state index < -0.39 is 11.9 Å². The van der Waals surface area contributed by atoms with Gasteiger partial charge in [0.2, 0.25) is 17.2 Å². The lowest BCUT2D eigenvalue weighted by atomic mass is 9.94. The number of aromatic nitrogens is 1. The van der Waals surface area contributed by atoms with Gasteiger partial charge in [-0.25, -0.2) is 4.98 Å². The van der Waals surface area contributed by atoms with Gasteiger partial charge >= 0.3 is 0 Å². The molecule has 0 bridgehead atoms. The van der Waals surface area contributed by atoms with Crippen LogP contribution in [0, 0.1) is 5.92 Å². The van der Waals surface area contributed by atoms with Crippen molar-refractivity contribution in [3.8, 4) is 17.2 Å². The molecule has 5 aromatic rings. The van der Waals surface area contributed by atoms with Gasteiger partial charge in [0.25, 0.3) is 5.91 Å². The number of nitrogens with zero attached hydrogens (tertiary/aromatic N) is 5. The predicted molar refractivity (Wildman–Crippen MR) is 221 cm³/mol. The van der Waals surface area contributed by atoms with E-state index in [1.165, 1.54) is 0 Å². The monoisotopic (exact) mass is 805 g/mol. The highest BCUT2D eigenvalue weighted by molar-refractivity contribution is 6.35. The number of hydrogen-bond acceptors (Lipinski definition) is 12. The van der Waals surface area contributed by atoms with E-state index in [1.807, 2.05) is 36.4 Å². The standard InChI is InChI=1S/C43H44ClN7O7/c1-24-21-50(26-6-8-28(9-7-26)57-36-20-35-39(47-41(36)45)40(53)38-31(44)4-3-5-33(38)58-35)17-16-49(24)22-25-12-14-48(15-13-25)27-18-29-30(34(19-27)56-2)23-51(43(29)55)32-10-11-37(52)46-42(32)54/h3-9,18-20,24-25,32H,10-17,21-23H2,1-2H3,(H2,45,47)(H,46,52,54)/t24-,32?/m0/s1. The van der Waals surface area contributed by atoms with Crippen LogP contribution in [0.15, 0.2) is 69.9 Å². The molecule has 1 unspecified atom stereocenters. The quantitative estimate of drug-likeness (QED) is 0.148. The molecule has 4 aliphatic rings. The van der Waals surface area contributed by atoms with Gasteiger partial charge in [-0.2, -0.15) is 0 Å². The van der Waals surface area contributed by atoms with Crippen molar-refractivity contribution < 1.29 is 28.3 Å². The van der Waals surface area contributed by atoms with E-state index in [1.54, 1.807) is 36.3 Å². The Morgan fingerprint density at radius 2 is 1.71 bits per heavy atom. The second-order valence-electron chi connectivity index (χ2n) is 15.7. The molecule has 6 heterocycles. The zero-order valence-electron chi connectivity index (χ0n) is 32.3. The van der Waals surface area contributed by atoms with Gasteiger partial charge in [-0.3, -0.25) is 29.4 Å². The van der Waals surface area contributed by atoms with Gasteiger partial charge in [0.15, 0.2) is 22.7 Å². The van der Waals surface area contributed by atoms with E-state index in [0.717, 1.165) is 69.0 Å². The van der Waals surface area contributed by atoms with E-state index in [9.17, 15) is 19.2 Å². The summed E-state index contributed by atoms with van der Waals surface area (Å²) in [5.74, 6) is 1.24. The fourth-order valence-electron chi connectivity index (χ4n) is 8.90. The topological polar surface area (TPSA) is 164 Å². The van der Waals surface area contributed by atoms with Gasteiger partial charge in [0.1, 0.15) is 23.1 Å². The number of nitrogens with one attached hydrogen (secondary N) is 1. The number of hydrogen-bond donors (Lipinski definition) is 2. The van der Waals surface area contributed by atoms with Crippen molar-refractivity contribution in [1.29, 1.82) is 0 Å². The van der Waals surface area contributed by atoms with E-state index in [-0.39, 0.29) is 52.5 Å². The number of fused-ring (bicyclic) bond motifs is 3. The number of carbonyl (C=O) groups is 3. The number of ether oxygens (including phenoxy) is 2. The summed E-state index contributed by atoms with van der Waals surface area (Å²) in [5.41, 5.74) is 10.0. The van der Waals surface area contributed by atoms with Gasteiger partial charge in [-0.1, -0.05) is 17.7 Å². The third-order valence-electron chi connectivity index (χ3n) is 12.1. The zero-order valence-corrected chi connectivity index (χ0v) is 33.1. The smallest absolute Gasteiger partial charge is 0.255 e. The van der Waals surface area contributed by atoms with E-state index in [2.05, 4.69) is 31.9 Å². The molecule has 3 saturated heterocycles. The van der Waals surface area contributed by atoms with Crippen molar-refractivity contribution in [1.82, 2.24) is 20.1 Å². The maximum absolute atomic E-state index is 13.6. The number of rotatable bonds is 8. The molecule has 0 radical (unpaired) electrons. The lowest BCUT2D eigenvalue weighted by Gasteiger charge is -2.43. The Hall–Kier alpha value is -5.86. The molecule has 0 saturated carbocycles. The molecule has 3 N–H and O–H groups in total. The third kappa shape index (κ3) is 6.93. The number of imide groups is 1. The molecule has 9 rings (SSSR count). The van der Waals surface area contributed by atoms with E-state index in [0.29, 0.717) is 51.8 Å². The van der Waals surface area contributed by atoms with Crippen molar-refractivity contribution in [2.24, 2.45) is 5.92 Å². The summed E-state index contributed by atoms with van der Waals surface area (Å²) in [6.07, 6.45) is 2.62. The third-order valence-corrected chi connectivity index (χ3v) is 12.4. The van der Waals surface area contributed by atoms with Crippen molar-refractivity contribution in [2.45, 2.75) is 51.2 Å². The largest absolute Gasteiger partial charge is 0.496 e. The molecule has 4 aliphatic heterocycles. The van der Waals surface area contributed by atoms with Crippen LogP contribution < -0.4 is 35.8 Å². The molecule has 3 amide bonds. The lowest BCUT2D eigenvalue weighted by molar-refractivity contribution is -0.136. The summed E-state index contributed by atoms with van der Waals surface area (Å²) in [5, 5.41) is 2.93. The second kappa shape index (κ2) is 15.1. The number of halogens is 1. The lowest BCUT2D eigenvalue weighted by Crippen LogP contribution is -2.53. The molecular weight excluding hydrogens is 762 g/mol. The van der Waals surface area contributed by atoms with Gasteiger partial charge in [-0.15, -0.1) is 0 Å². The molecule has 15 heteroatoms. The molecule has 300 valence electrons. The first-order valence-corrected chi connectivity index (χ1v) is 20.1. The number of nitrogen functional groups attached to an aromatic ring is 1. The number of nitrogens with two attached hydrogens (primary N) is 1. The molecular formula is C43H44ClN7O7. The highest BCUT2D eigenvalue weighted by Crippen LogP contribution is 2.39. The fraction of sp³-hybridized carbons (Fsp3) is 0.372. The van der Waals surface area contributed by atoms with Gasteiger partial charge in [-0.05, 0) is 74.6 Å². The number of methoxy groups -OCH3 is 1. The summed E-state index contributed by atoms with van der Waals surface area (Å²) in [6, 6.07) is 18.2. The molecule has 3 fully saturated rings. The van der Waals surface area contributed by atoms with Crippen LogP contribution in [0.25, 0.3) is 22.1 Å². The Balaban J connectivity index is 0.790. The van der Waals surface area contributed by atoms with Crippen LogP contribution in [-0.4, -0.2) is 91.0 Å². The Morgan fingerprint density at radius 1 is 0.914 bits per heavy atom. The summed E-state index contributed by atoms with van der Waals surface area (Å²) in [6.45, 7) is 8.12. The number of piperazine rings is 1. The van der Waals surface area contributed by atoms with Crippen molar-refractivity contribution in [2.75, 3.05) is 61.9 Å². The number of amides is 3. The van der Waals surface area contributed by atoms with Gasteiger partial charge in [0.05, 0.1) is 29.6 Å². The average Bonchev–Trinajstić information content (AvgIpc) is 3.55. The average molecular weight is 806 g/mol. The minimum absolute atomic E-state index is 0.0749. The summed E-state index contributed by atoms with van der Waals surface area (Å²) in [7, 11) is 1.61. The van der Waals surface area contributed by atoms with Crippen LogP contribution in [0.2, 0.25) is 5.02 Å².